The second-order valence-corrected chi connectivity index (χ2v) is 5.33. The Hall–Kier alpha value is -2.11. The van der Waals surface area contributed by atoms with Crippen molar-refractivity contribution in [3.05, 3.63) is 24.0 Å². The summed E-state index contributed by atoms with van der Waals surface area (Å²) in [6, 6.07) is 1.88. The topological polar surface area (TPSA) is 75.4 Å². The van der Waals surface area contributed by atoms with Gasteiger partial charge >= 0.3 is 5.97 Å². The van der Waals surface area contributed by atoms with Gasteiger partial charge in [-0.2, -0.15) is 5.10 Å². The number of carbonyl (C=O) groups excluding carboxylic acids is 1. The molecule has 1 atom stereocenters. The summed E-state index contributed by atoms with van der Waals surface area (Å²) in [7, 11) is 1.82. The zero-order chi connectivity index (χ0) is 15.2. The van der Waals surface area contributed by atoms with Crippen molar-refractivity contribution in [2.24, 2.45) is 7.05 Å². The van der Waals surface area contributed by atoms with E-state index in [9.17, 15) is 9.59 Å². The summed E-state index contributed by atoms with van der Waals surface area (Å²) in [4.78, 5) is 24.8. The average Bonchev–Trinajstić information content (AvgIpc) is 2.88. The molecule has 1 amide bonds. The van der Waals surface area contributed by atoms with Gasteiger partial charge in [0.15, 0.2) is 0 Å². The van der Waals surface area contributed by atoms with E-state index < -0.39 is 5.97 Å². The maximum Gasteiger partial charge on any atom is 0.303 e. The monoisotopic (exact) mass is 291 g/mol. The number of aromatic nitrogens is 2. The zero-order valence-corrected chi connectivity index (χ0v) is 12.2. The minimum Gasteiger partial charge on any atom is -0.481 e. The van der Waals surface area contributed by atoms with Crippen molar-refractivity contribution in [3.63, 3.8) is 0 Å². The van der Waals surface area contributed by atoms with Crippen LogP contribution in [0, 0.1) is 0 Å². The van der Waals surface area contributed by atoms with Crippen molar-refractivity contribution in [1.29, 1.82) is 0 Å². The molecule has 1 unspecified atom stereocenters. The highest BCUT2D eigenvalue weighted by atomic mass is 16.4. The molecule has 1 saturated heterocycles. The first-order valence-corrected chi connectivity index (χ1v) is 7.26. The van der Waals surface area contributed by atoms with Crippen LogP contribution in [-0.4, -0.2) is 44.3 Å². The molecule has 0 radical (unpaired) electrons. The molecule has 1 N–H and O–H groups in total. The lowest BCUT2D eigenvalue weighted by molar-refractivity contribution is -0.138. The molecule has 0 aromatic carbocycles. The van der Waals surface area contributed by atoms with E-state index in [1.165, 1.54) is 0 Å². The van der Waals surface area contributed by atoms with Crippen molar-refractivity contribution in [1.82, 2.24) is 14.7 Å². The number of likely N-dealkylation sites (tertiary alicyclic amines) is 1. The Bertz CT molecular complexity index is 536. The number of aryl methyl sites for hydroxylation is 1. The molecule has 0 aliphatic carbocycles. The minimum atomic E-state index is -0.807. The predicted octanol–water partition coefficient (Wildman–Crippen LogP) is 1.68. The summed E-state index contributed by atoms with van der Waals surface area (Å²) in [5.74, 6) is -0.857. The first-order chi connectivity index (χ1) is 10.1. The molecule has 1 aromatic rings. The number of amides is 1. The van der Waals surface area contributed by atoms with E-state index in [0.717, 1.165) is 25.0 Å². The molecule has 2 rings (SSSR count). The van der Waals surface area contributed by atoms with E-state index in [-0.39, 0.29) is 18.4 Å². The number of nitrogens with zero attached hydrogens (tertiary/aromatic N) is 3. The second-order valence-electron chi connectivity index (χ2n) is 5.33. The number of carboxylic acids is 1. The van der Waals surface area contributed by atoms with E-state index in [0.29, 0.717) is 13.0 Å². The van der Waals surface area contributed by atoms with Crippen LogP contribution in [0.15, 0.2) is 18.3 Å². The summed E-state index contributed by atoms with van der Waals surface area (Å²) in [5.41, 5.74) is 0.863. The third-order valence-corrected chi connectivity index (χ3v) is 3.86. The molecular formula is C15H21N3O3. The molecule has 21 heavy (non-hydrogen) atoms. The number of carboxylic acid groups (broad SMARTS) is 1. The Balaban J connectivity index is 1.99. The van der Waals surface area contributed by atoms with Gasteiger partial charge in [0.2, 0.25) is 5.91 Å². The SMILES string of the molecule is Cn1nccc1C=CC(=O)N1CCCCC1CCC(=O)O. The van der Waals surface area contributed by atoms with Gasteiger partial charge < -0.3 is 10.0 Å². The Morgan fingerprint density at radius 2 is 2.29 bits per heavy atom. The first-order valence-electron chi connectivity index (χ1n) is 7.26. The summed E-state index contributed by atoms with van der Waals surface area (Å²) < 4.78 is 1.70. The van der Waals surface area contributed by atoms with Crippen LogP contribution < -0.4 is 0 Å². The van der Waals surface area contributed by atoms with Crippen LogP contribution in [0.4, 0.5) is 0 Å². The fourth-order valence-corrected chi connectivity index (χ4v) is 2.68. The van der Waals surface area contributed by atoms with E-state index in [1.807, 2.05) is 13.1 Å². The highest BCUT2D eigenvalue weighted by Crippen LogP contribution is 2.21. The summed E-state index contributed by atoms with van der Waals surface area (Å²) in [5, 5.41) is 12.8. The maximum atomic E-state index is 12.3. The lowest BCUT2D eigenvalue weighted by atomic mass is 9.98. The van der Waals surface area contributed by atoms with Crippen LogP contribution in [-0.2, 0) is 16.6 Å². The smallest absolute Gasteiger partial charge is 0.303 e. The first kappa shape index (κ1) is 15.3. The van der Waals surface area contributed by atoms with Crippen molar-refractivity contribution in [2.75, 3.05) is 6.54 Å². The Morgan fingerprint density at radius 3 is 2.95 bits per heavy atom. The normalized spacial score (nSPS) is 19.1. The lowest BCUT2D eigenvalue weighted by Gasteiger charge is -2.35. The molecule has 0 saturated carbocycles. The van der Waals surface area contributed by atoms with E-state index >= 15 is 0 Å². The maximum absolute atomic E-state index is 12.3. The molecule has 2 heterocycles. The van der Waals surface area contributed by atoms with Gasteiger partial charge in [-0.1, -0.05) is 0 Å². The van der Waals surface area contributed by atoms with Gasteiger partial charge in [-0.3, -0.25) is 14.3 Å². The van der Waals surface area contributed by atoms with Crippen molar-refractivity contribution in [2.45, 2.75) is 38.1 Å². The molecule has 114 valence electrons. The van der Waals surface area contributed by atoms with E-state index in [1.54, 1.807) is 27.9 Å². The quantitative estimate of drug-likeness (QED) is 0.837. The Kier molecular flexibility index (Phi) is 5.14. The van der Waals surface area contributed by atoms with Crippen LogP contribution in [0.5, 0.6) is 0 Å². The third-order valence-electron chi connectivity index (χ3n) is 3.86. The molecular weight excluding hydrogens is 270 g/mol. The summed E-state index contributed by atoms with van der Waals surface area (Å²) in [6.07, 6.45) is 8.54. The van der Waals surface area contributed by atoms with Crippen LogP contribution in [0.1, 0.15) is 37.8 Å². The average molecular weight is 291 g/mol. The molecule has 1 aliphatic heterocycles. The highest BCUT2D eigenvalue weighted by Gasteiger charge is 2.25. The van der Waals surface area contributed by atoms with Crippen LogP contribution >= 0.6 is 0 Å². The van der Waals surface area contributed by atoms with Gasteiger partial charge in [0, 0.05) is 38.3 Å². The molecule has 6 nitrogen and oxygen atoms in total. The van der Waals surface area contributed by atoms with Crippen LogP contribution in [0.3, 0.4) is 0 Å². The van der Waals surface area contributed by atoms with Gasteiger partial charge in [-0.25, -0.2) is 0 Å². The van der Waals surface area contributed by atoms with Crippen molar-refractivity contribution in [3.8, 4) is 0 Å². The fraction of sp³-hybridized carbons (Fsp3) is 0.533. The Labute approximate surface area is 124 Å². The van der Waals surface area contributed by atoms with Gasteiger partial charge in [-0.05, 0) is 37.8 Å². The van der Waals surface area contributed by atoms with Gasteiger partial charge in [0.1, 0.15) is 0 Å². The number of carbonyl (C=O) groups is 2. The highest BCUT2D eigenvalue weighted by molar-refractivity contribution is 5.91. The molecule has 1 aliphatic rings. The molecule has 6 heteroatoms. The number of hydrogen-bond acceptors (Lipinski definition) is 3. The number of aliphatic carboxylic acids is 1. The van der Waals surface area contributed by atoms with Crippen LogP contribution in [0.2, 0.25) is 0 Å². The van der Waals surface area contributed by atoms with E-state index in [4.69, 9.17) is 5.11 Å². The van der Waals surface area contributed by atoms with Gasteiger partial charge in [0.25, 0.3) is 0 Å². The number of hydrogen-bond donors (Lipinski definition) is 1. The molecule has 1 aromatic heterocycles. The molecule has 1 fully saturated rings. The standard InChI is InChI=1S/C15H21N3O3/c1-17-12(9-10-16-17)5-7-14(19)18-11-3-2-4-13(18)6-8-15(20)21/h5,7,9-10,13H,2-4,6,8,11H2,1H3,(H,20,21). The summed E-state index contributed by atoms with van der Waals surface area (Å²) >= 11 is 0. The fourth-order valence-electron chi connectivity index (χ4n) is 2.68. The Morgan fingerprint density at radius 1 is 1.48 bits per heavy atom. The van der Waals surface area contributed by atoms with Crippen LogP contribution in [0.25, 0.3) is 6.08 Å². The lowest BCUT2D eigenvalue weighted by Crippen LogP contribution is -2.43. The summed E-state index contributed by atoms with van der Waals surface area (Å²) in [6.45, 7) is 0.707. The van der Waals surface area contributed by atoms with Gasteiger partial charge in [0.05, 0.1) is 5.69 Å². The minimum absolute atomic E-state index is 0.0403. The second kappa shape index (κ2) is 7.06. The number of piperidine rings is 1. The third kappa shape index (κ3) is 4.18. The largest absolute Gasteiger partial charge is 0.481 e. The van der Waals surface area contributed by atoms with E-state index in [2.05, 4.69) is 5.10 Å². The molecule has 0 bridgehead atoms. The number of rotatable bonds is 5. The predicted molar refractivity (Wildman–Crippen MR) is 78.5 cm³/mol. The molecule has 0 spiro atoms. The van der Waals surface area contributed by atoms with Gasteiger partial charge in [-0.15, -0.1) is 0 Å². The van der Waals surface area contributed by atoms with Crippen molar-refractivity contribution >= 4 is 18.0 Å². The zero-order valence-electron chi connectivity index (χ0n) is 12.2. The van der Waals surface area contributed by atoms with Crippen molar-refractivity contribution < 1.29 is 14.7 Å².